The lowest BCUT2D eigenvalue weighted by molar-refractivity contribution is -0.146. The highest BCUT2D eigenvalue weighted by atomic mass is 19.4. The summed E-state index contributed by atoms with van der Waals surface area (Å²) in [6.07, 6.45) is -2.75. The van der Waals surface area contributed by atoms with E-state index in [-0.39, 0.29) is 30.2 Å². The van der Waals surface area contributed by atoms with E-state index in [0.29, 0.717) is 104 Å². The molecule has 1 atom stereocenters. The number of benzene rings is 4. The molecule has 0 spiro atoms. The van der Waals surface area contributed by atoms with Crippen molar-refractivity contribution in [2.24, 2.45) is 14.1 Å². The summed E-state index contributed by atoms with van der Waals surface area (Å²) in [5, 5.41) is 9.91. The third-order valence-electron chi connectivity index (χ3n) is 14.3. The van der Waals surface area contributed by atoms with E-state index in [0.717, 1.165) is 33.6 Å². The second-order valence-electron chi connectivity index (χ2n) is 18.4. The van der Waals surface area contributed by atoms with Gasteiger partial charge in [0, 0.05) is 106 Å². The summed E-state index contributed by atoms with van der Waals surface area (Å²) in [7, 11) is 3.72. The van der Waals surface area contributed by atoms with Crippen LogP contribution in [0.5, 0.6) is 0 Å². The Balaban J connectivity index is 1.02. The first-order chi connectivity index (χ1) is 32.6. The number of piperazine rings is 1. The van der Waals surface area contributed by atoms with E-state index in [4.69, 9.17) is 0 Å². The molecule has 2 aromatic heterocycles. The Morgan fingerprint density at radius 2 is 1.44 bits per heavy atom. The van der Waals surface area contributed by atoms with Crippen LogP contribution in [0.4, 0.5) is 30.2 Å². The minimum absolute atomic E-state index is 0.0397. The Hall–Kier alpha value is -7.11. The molecule has 1 fully saturated rings. The summed E-state index contributed by atoms with van der Waals surface area (Å²) in [6, 6.07) is 35.1. The molecule has 1 saturated heterocycles. The SMILES string of the molecule is Cc1c(N(C(=O)c2cc(-c3cc4c(cc3C(=O)N3Cc5ccccc5CC3C)CN(C(=O)Cc3ccc(N5CCN(CC(F)(F)F)CC5)cc3)CC4)n(C)c2C)c2ccccc2)cc(C#N)n1C. The average Bonchev–Trinajstić information content (AvgIpc) is 3.79. The number of fused-ring (bicyclic) bond motifs is 2. The number of hydrogen-bond donors (Lipinski definition) is 0. The van der Waals surface area contributed by atoms with Gasteiger partial charge in [-0.25, -0.2) is 0 Å². The number of alkyl halides is 3. The fourth-order valence-corrected chi connectivity index (χ4v) is 10.1. The molecule has 1 unspecified atom stereocenters. The molecule has 9 rings (SSSR count). The van der Waals surface area contributed by atoms with Crippen LogP contribution in [0, 0.1) is 25.2 Å². The third kappa shape index (κ3) is 9.02. The fourth-order valence-electron chi connectivity index (χ4n) is 10.1. The first-order valence-electron chi connectivity index (χ1n) is 23.2. The molecular formula is C54H55F3N8O3. The lowest BCUT2D eigenvalue weighted by atomic mass is 9.89. The number of amides is 3. The number of anilines is 3. The Labute approximate surface area is 395 Å². The van der Waals surface area contributed by atoms with E-state index in [1.165, 1.54) is 10.5 Å². The molecule has 3 aliphatic rings. The van der Waals surface area contributed by atoms with Crippen molar-refractivity contribution in [2.45, 2.75) is 65.3 Å². The fraction of sp³-hybridized carbons (Fsp3) is 0.333. The quantitative estimate of drug-likeness (QED) is 0.144. The van der Waals surface area contributed by atoms with Gasteiger partial charge in [0.2, 0.25) is 5.91 Å². The van der Waals surface area contributed by atoms with Crippen LogP contribution in [0.3, 0.4) is 0 Å². The maximum absolute atomic E-state index is 15.2. The van der Waals surface area contributed by atoms with E-state index >= 15 is 9.59 Å². The number of hydrogen-bond acceptors (Lipinski definition) is 6. The van der Waals surface area contributed by atoms with Crippen LogP contribution in [0.1, 0.15) is 72.5 Å². The number of rotatable bonds is 9. The number of halogens is 3. The zero-order chi connectivity index (χ0) is 48.0. The molecule has 0 aliphatic carbocycles. The van der Waals surface area contributed by atoms with Crippen molar-refractivity contribution in [1.29, 1.82) is 5.26 Å². The van der Waals surface area contributed by atoms with Gasteiger partial charge in [-0.3, -0.25) is 24.2 Å². The van der Waals surface area contributed by atoms with Crippen LogP contribution in [0.25, 0.3) is 11.3 Å². The largest absolute Gasteiger partial charge is 0.401 e. The van der Waals surface area contributed by atoms with Crippen LogP contribution < -0.4 is 9.80 Å². The normalized spacial score (nSPS) is 16.3. The maximum Gasteiger partial charge on any atom is 0.401 e. The van der Waals surface area contributed by atoms with E-state index in [1.54, 1.807) is 15.5 Å². The van der Waals surface area contributed by atoms with Crippen LogP contribution in [-0.2, 0) is 51.2 Å². The van der Waals surface area contributed by atoms with Gasteiger partial charge in [0.15, 0.2) is 0 Å². The molecule has 3 amide bonds. The van der Waals surface area contributed by atoms with Gasteiger partial charge in [0.05, 0.1) is 24.2 Å². The number of nitrogens with zero attached hydrogens (tertiary/aromatic N) is 8. The number of para-hydroxylation sites is 1. The van der Waals surface area contributed by atoms with Gasteiger partial charge in [-0.2, -0.15) is 18.4 Å². The van der Waals surface area contributed by atoms with Crippen molar-refractivity contribution >= 4 is 34.8 Å². The second-order valence-corrected chi connectivity index (χ2v) is 18.4. The predicted octanol–water partition coefficient (Wildman–Crippen LogP) is 8.90. The number of carbonyl (C=O) groups excluding carboxylic acids is 3. The Kier molecular flexibility index (Phi) is 12.5. The number of aromatic nitrogens is 2. The summed E-state index contributed by atoms with van der Waals surface area (Å²) in [5.41, 5.74) is 11.5. The Morgan fingerprint density at radius 1 is 0.750 bits per heavy atom. The van der Waals surface area contributed by atoms with Crippen molar-refractivity contribution < 1.29 is 27.6 Å². The van der Waals surface area contributed by atoms with E-state index in [2.05, 4.69) is 36.1 Å². The molecule has 0 bridgehead atoms. The highest BCUT2D eigenvalue weighted by Crippen LogP contribution is 2.38. The van der Waals surface area contributed by atoms with Gasteiger partial charge < -0.3 is 23.8 Å². The number of nitriles is 1. The molecule has 68 heavy (non-hydrogen) atoms. The zero-order valence-electron chi connectivity index (χ0n) is 39.1. The second kappa shape index (κ2) is 18.5. The molecule has 0 radical (unpaired) electrons. The Morgan fingerprint density at radius 3 is 2.12 bits per heavy atom. The van der Waals surface area contributed by atoms with Gasteiger partial charge >= 0.3 is 6.18 Å². The monoisotopic (exact) mass is 920 g/mol. The maximum atomic E-state index is 15.2. The van der Waals surface area contributed by atoms with Crippen LogP contribution >= 0.6 is 0 Å². The molecule has 0 N–H and O–H groups in total. The first-order valence-corrected chi connectivity index (χ1v) is 23.2. The molecule has 3 aliphatic heterocycles. The molecule has 0 saturated carbocycles. The van der Waals surface area contributed by atoms with Crippen molar-refractivity contribution in [2.75, 3.05) is 49.1 Å². The molecule has 6 aromatic rings. The standard InChI is InChI=1S/C54H55F3N8O3/c1-35-25-39-11-9-10-12-41(39)33-64(35)52(67)48-28-42-32-63(51(66)26-38-15-17-43(18-16-38)62-23-21-61(22-24-62)34-54(55,56)57)20-19-40(42)27-47(48)50-30-46(36(2)60(50)5)53(68)65(44-13-7-6-8-14-44)49-29-45(31-58)59(4)37(49)3/h6-18,27-30,35H,19-26,32-34H2,1-5H3. The van der Waals surface area contributed by atoms with Crippen molar-refractivity contribution in [3.8, 4) is 17.3 Å². The highest BCUT2D eigenvalue weighted by molar-refractivity contribution is 6.13. The van der Waals surface area contributed by atoms with E-state index in [9.17, 15) is 23.2 Å². The van der Waals surface area contributed by atoms with Crippen LogP contribution in [-0.4, -0.2) is 93.0 Å². The van der Waals surface area contributed by atoms with Gasteiger partial charge in [-0.1, -0.05) is 54.6 Å². The van der Waals surface area contributed by atoms with Crippen molar-refractivity contribution in [1.82, 2.24) is 23.8 Å². The van der Waals surface area contributed by atoms with Gasteiger partial charge in [-0.05, 0) is 110 Å². The third-order valence-corrected chi connectivity index (χ3v) is 14.3. The summed E-state index contributed by atoms with van der Waals surface area (Å²) in [6.45, 7) is 7.87. The molecule has 11 nitrogen and oxygen atoms in total. The topological polar surface area (TPSA) is 101 Å². The van der Waals surface area contributed by atoms with Crippen molar-refractivity contribution in [3.05, 3.63) is 159 Å². The minimum atomic E-state index is -4.22. The first kappa shape index (κ1) is 46.0. The highest BCUT2D eigenvalue weighted by Gasteiger charge is 2.35. The molecule has 4 aromatic carbocycles. The zero-order valence-corrected chi connectivity index (χ0v) is 39.1. The van der Waals surface area contributed by atoms with Crippen LogP contribution in [0.2, 0.25) is 0 Å². The molecule has 350 valence electrons. The molecular weight excluding hydrogens is 866 g/mol. The summed E-state index contributed by atoms with van der Waals surface area (Å²) >= 11 is 0. The smallest absolute Gasteiger partial charge is 0.369 e. The van der Waals surface area contributed by atoms with Gasteiger partial charge in [0.25, 0.3) is 11.8 Å². The van der Waals surface area contributed by atoms with Gasteiger partial charge in [-0.15, -0.1) is 0 Å². The average molecular weight is 921 g/mol. The lowest BCUT2D eigenvalue weighted by Gasteiger charge is -2.36. The lowest BCUT2D eigenvalue weighted by Crippen LogP contribution is -2.49. The van der Waals surface area contributed by atoms with E-state index in [1.807, 2.05) is 121 Å². The minimum Gasteiger partial charge on any atom is -0.369 e. The molecule has 14 heteroatoms. The Bertz CT molecular complexity index is 2940. The predicted molar refractivity (Wildman–Crippen MR) is 257 cm³/mol. The van der Waals surface area contributed by atoms with E-state index < -0.39 is 12.7 Å². The van der Waals surface area contributed by atoms with Crippen molar-refractivity contribution in [3.63, 3.8) is 0 Å². The summed E-state index contributed by atoms with van der Waals surface area (Å²) < 4.78 is 42.5. The number of carbonyl (C=O) groups is 3. The van der Waals surface area contributed by atoms with Gasteiger partial charge in [0.1, 0.15) is 11.8 Å². The van der Waals surface area contributed by atoms with Crippen LogP contribution in [0.15, 0.2) is 103 Å². The molecule has 5 heterocycles. The summed E-state index contributed by atoms with van der Waals surface area (Å²) in [4.78, 5) is 53.1. The summed E-state index contributed by atoms with van der Waals surface area (Å²) in [5.74, 6) is -0.439.